The number of carbonyl (C=O) groups excluding carboxylic acids is 1. The van der Waals surface area contributed by atoms with Gasteiger partial charge >= 0.3 is 0 Å². The summed E-state index contributed by atoms with van der Waals surface area (Å²) in [5.74, 6) is 2.60. The molecule has 2 aliphatic rings. The van der Waals surface area contributed by atoms with Crippen molar-refractivity contribution in [3.05, 3.63) is 0 Å². The first-order valence-electron chi connectivity index (χ1n) is 7.51. The Hall–Kier alpha value is -0.260. The molecule has 2 unspecified atom stereocenters. The van der Waals surface area contributed by atoms with E-state index in [1.807, 2.05) is 11.8 Å². The average molecular weight is 286 g/mol. The molecule has 0 spiro atoms. The van der Waals surface area contributed by atoms with E-state index < -0.39 is 0 Å². The van der Waals surface area contributed by atoms with Gasteiger partial charge in [0.25, 0.3) is 0 Å². The lowest BCUT2D eigenvalue weighted by molar-refractivity contribution is -0.122. The van der Waals surface area contributed by atoms with Crippen molar-refractivity contribution in [2.75, 3.05) is 24.6 Å². The van der Waals surface area contributed by atoms with Crippen molar-refractivity contribution in [1.82, 2.24) is 10.6 Å². The van der Waals surface area contributed by atoms with Crippen molar-refractivity contribution >= 4 is 17.7 Å². The lowest BCUT2D eigenvalue weighted by Gasteiger charge is -2.27. The Balaban J connectivity index is 1.61. The fraction of sp³-hybridized carbons (Fsp3) is 0.929. The molecule has 110 valence electrons. The molecule has 0 radical (unpaired) electrons. The van der Waals surface area contributed by atoms with Gasteiger partial charge in [0.2, 0.25) is 5.91 Å². The Labute approximate surface area is 120 Å². The van der Waals surface area contributed by atoms with Crippen molar-refractivity contribution in [3.63, 3.8) is 0 Å². The highest BCUT2D eigenvalue weighted by molar-refractivity contribution is 7.99. The molecule has 0 aromatic rings. The van der Waals surface area contributed by atoms with Gasteiger partial charge in [0.1, 0.15) is 0 Å². The van der Waals surface area contributed by atoms with Gasteiger partial charge in [0, 0.05) is 37.1 Å². The number of rotatable bonds is 5. The van der Waals surface area contributed by atoms with E-state index >= 15 is 0 Å². The standard InChI is InChI=1S/C14H26N2O2S/c17-13(11-4-2-1-3-5-11)9-16-14(18)8-12-10-19-7-6-15-12/h11-13,15,17H,1-10H2,(H,16,18). The summed E-state index contributed by atoms with van der Waals surface area (Å²) in [5, 5.41) is 16.3. The van der Waals surface area contributed by atoms with E-state index in [0.717, 1.165) is 30.9 Å². The van der Waals surface area contributed by atoms with Crippen LogP contribution in [-0.2, 0) is 4.79 Å². The van der Waals surface area contributed by atoms with Crippen molar-refractivity contribution < 1.29 is 9.90 Å². The average Bonchev–Trinajstić information content (AvgIpc) is 2.47. The molecule has 1 amide bonds. The highest BCUT2D eigenvalue weighted by Gasteiger charge is 2.22. The van der Waals surface area contributed by atoms with Crippen molar-refractivity contribution in [1.29, 1.82) is 0 Å². The number of amides is 1. The number of hydrogen-bond donors (Lipinski definition) is 3. The van der Waals surface area contributed by atoms with Crippen LogP contribution < -0.4 is 10.6 Å². The van der Waals surface area contributed by atoms with Gasteiger partial charge in [-0.3, -0.25) is 4.79 Å². The molecule has 4 nitrogen and oxygen atoms in total. The fourth-order valence-electron chi connectivity index (χ4n) is 2.95. The SMILES string of the molecule is O=C(CC1CSCCN1)NCC(O)C1CCCCC1. The molecule has 2 atom stereocenters. The summed E-state index contributed by atoms with van der Waals surface area (Å²) >= 11 is 1.90. The number of hydrogen-bond acceptors (Lipinski definition) is 4. The minimum atomic E-state index is -0.363. The van der Waals surface area contributed by atoms with E-state index in [-0.39, 0.29) is 12.0 Å². The van der Waals surface area contributed by atoms with Crippen molar-refractivity contribution in [2.45, 2.75) is 50.7 Å². The maximum atomic E-state index is 11.8. The predicted octanol–water partition coefficient (Wildman–Crippen LogP) is 1.14. The predicted molar refractivity (Wildman–Crippen MR) is 79.3 cm³/mol. The molecule has 1 aliphatic heterocycles. The zero-order chi connectivity index (χ0) is 13.5. The summed E-state index contributed by atoms with van der Waals surface area (Å²) in [4.78, 5) is 11.8. The first kappa shape index (κ1) is 15.1. The van der Waals surface area contributed by atoms with Crippen LogP contribution in [0.4, 0.5) is 0 Å². The highest BCUT2D eigenvalue weighted by atomic mass is 32.2. The second kappa shape index (κ2) is 8.12. The van der Waals surface area contributed by atoms with E-state index in [0.29, 0.717) is 24.9 Å². The van der Waals surface area contributed by atoms with Gasteiger partial charge in [0.05, 0.1) is 6.10 Å². The smallest absolute Gasteiger partial charge is 0.221 e. The number of thioether (sulfide) groups is 1. The van der Waals surface area contributed by atoms with Gasteiger partial charge < -0.3 is 15.7 Å². The molecule has 3 N–H and O–H groups in total. The molecule has 5 heteroatoms. The minimum Gasteiger partial charge on any atom is -0.391 e. The molecule has 19 heavy (non-hydrogen) atoms. The first-order chi connectivity index (χ1) is 9.25. The topological polar surface area (TPSA) is 61.4 Å². The van der Waals surface area contributed by atoms with Crippen LogP contribution in [0.3, 0.4) is 0 Å². The molecule has 0 bridgehead atoms. The molecule has 1 saturated heterocycles. The van der Waals surface area contributed by atoms with E-state index in [1.165, 1.54) is 19.3 Å². The van der Waals surface area contributed by atoms with E-state index in [2.05, 4.69) is 10.6 Å². The summed E-state index contributed by atoms with van der Waals surface area (Å²) in [6.45, 7) is 1.41. The first-order valence-corrected chi connectivity index (χ1v) is 8.67. The molecule has 0 aromatic heterocycles. The normalized spacial score (nSPS) is 26.9. The van der Waals surface area contributed by atoms with Crippen molar-refractivity contribution in [3.8, 4) is 0 Å². The van der Waals surface area contributed by atoms with Crippen molar-refractivity contribution in [2.24, 2.45) is 5.92 Å². The zero-order valence-electron chi connectivity index (χ0n) is 11.6. The van der Waals surface area contributed by atoms with Crippen LogP contribution in [0.5, 0.6) is 0 Å². The number of aliphatic hydroxyl groups is 1. The molecule has 2 rings (SSSR count). The second-order valence-corrected chi connectivity index (χ2v) is 6.85. The van der Waals surface area contributed by atoms with Gasteiger partial charge in [-0.15, -0.1) is 0 Å². The van der Waals surface area contributed by atoms with Gasteiger partial charge in [-0.1, -0.05) is 19.3 Å². The third-order valence-electron chi connectivity index (χ3n) is 4.13. The third-order valence-corrected chi connectivity index (χ3v) is 5.26. The van der Waals surface area contributed by atoms with E-state index in [4.69, 9.17) is 0 Å². The molecule has 1 aliphatic carbocycles. The van der Waals surface area contributed by atoms with Gasteiger partial charge in [-0.25, -0.2) is 0 Å². The van der Waals surface area contributed by atoms with Gasteiger partial charge in [-0.2, -0.15) is 11.8 Å². The summed E-state index contributed by atoms with van der Waals surface area (Å²) in [7, 11) is 0. The fourth-order valence-corrected chi connectivity index (χ4v) is 3.90. The molecule has 1 saturated carbocycles. The lowest BCUT2D eigenvalue weighted by atomic mass is 9.85. The largest absolute Gasteiger partial charge is 0.391 e. The van der Waals surface area contributed by atoms with Crippen LogP contribution in [0.1, 0.15) is 38.5 Å². The summed E-state index contributed by atoms with van der Waals surface area (Å²) in [5.41, 5.74) is 0. The molecular weight excluding hydrogens is 260 g/mol. The molecule has 2 fully saturated rings. The Morgan fingerprint density at radius 3 is 2.84 bits per heavy atom. The molecular formula is C14H26N2O2S. The zero-order valence-corrected chi connectivity index (χ0v) is 12.4. The Kier molecular flexibility index (Phi) is 6.47. The Morgan fingerprint density at radius 1 is 1.37 bits per heavy atom. The van der Waals surface area contributed by atoms with Gasteiger partial charge in [-0.05, 0) is 18.8 Å². The van der Waals surface area contributed by atoms with E-state index in [1.54, 1.807) is 0 Å². The van der Waals surface area contributed by atoms with Crippen LogP contribution in [0, 0.1) is 5.92 Å². The Bertz CT molecular complexity index is 277. The third kappa shape index (κ3) is 5.32. The second-order valence-electron chi connectivity index (χ2n) is 5.70. The summed E-state index contributed by atoms with van der Waals surface area (Å²) in [6, 6.07) is 0.297. The maximum absolute atomic E-state index is 11.8. The molecule has 0 aromatic carbocycles. The molecule has 1 heterocycles. The van der Waals surface area contributed by atoms with Gasteiger partial charge in [0.15, 0.2) is 0 Å². The van der Waals surface area contributed by atoms with Crippen LogP contribution in [0.15, 0.2) is 0 Å². The number of carbonyl (C=O) groups is 1. The van der Waals surface area contributed by atoms with Crippen LogP contribution in [0.2, 0.25) is 0 Å². The minimum absolute atomic E-state index is 0.0647. The monoisotopic (exact) mass is 286 g/mol. The highest BCUT2D eigenvalue weighted by Crippen LogP contribution is 2.26. The number of aliphatic hydroxyl groups excluding tert-OH is 1. The Morgan fingerprint density at radius 2 is 2.16 bits per heavy atom. The van der Waals surface area contributed by atoms with E-state index in [9.17, 15) is 9.90 Å². The van der Waals surface area contributed by atoms with Crippen LogP contribution in [-0.4, -0.2) is 47.8 Å². The lowest BCUT2D eigenvalue weighted by Crippen LogP contribution is -2.43. The number of nitrogens with one attached hydrogen (secondary N) is 2. The summed E-state index contributed by atoms with van der Waals surface area (Å²) < 4.78 is 0. The van der Waals surface area contributed by atoms with Crippen LogP contribution >= 0.6 is 11.8 Å². The summed E-state index contributed by atoms with van der Waals surface area (Å²) in [6.07, 6.45) is 6.12. The maximum Gasteiger partial charge on any atom is 0.221 e. The quantitative estimate of drug-likeness (QED) is 0.709. The van der Waals surface area contributed by atoms with Crippen LogP contribution in [0.25, 0.3) is 0 Å².